The number of nitrogens with two attached hydrogens (primary N) is 1. The summed E-state index contributed by atoms with van der Waals surface area (Å²) in [5.74, 6) is 0. The van der Waals surface area contributed by atoms with Crippen LogP contribution in [-0.2, 0) is 22.4 Å². The molecule has 0 saturated carbocycles. The smallest absolute Gasteiger partial charge is 0.225 e. The Morgan fingerprint density at radius 3 is 1.79 bits per heavy atom. The van der Waals surface area contributed by atoms with Gasteiger partial charge in [-0.2, -0.15) is 26.3 Å². The average Bonchev–Trinajstić information content (AvgIpc) is 2.11. The van der Waals surface area contributed by atoms with Crippen LogP contribution < -0.4 is 5.14 Å². The number of alkyl halides is 6. The molecule has 2 N–H and O–H groups in total. The highest BCUT2D eigenvalue weighted by Gasteiger charge is 2.43. The lowest BCUT2D eigenvalue weighted by molar-refractivity contribution is -0.146. The third-order valence-corrected chi connectivity index (χ3v) is 4.07. The minimum atomic E-state index is -5.28. The lowest BCUT2D eigenvalue weighted by atomic mass is 10.1. The largest absolute Gasteiger partial charge is 0.418 e. The van der Waals surface area contributed by atoms with Gasteiger partial charge in [0.1, 0.15) is 0 Å². The van der Waals surface area contributed by atoms with Gasteiger partial charge in [0, 0.05) is 3.57 Å². The average molecular weight is 419 g/mol. The first kappa shape index (κ1) is 16.5. The van der Waals surface area contributed by atoms with Crippen LogP contribution in [0.2, 0.25) is 0 Å². The molecule has 0 saturated heterocycles. The summed E-state index contributed by atoms with van der Waals surface area (Å²) in [6.07, 6.45) is -10.3. The number of hydrogen-bond donors (Lipinski definition) is 1. The molecule has 0 unspecified atom stereocenters. The third kappa shape index (κ3) is 3.51. The Labute approximate surface area is 117 Å². The second-order valence-corrected chi connectivity index (χ2v) is 5.95. The van der Waals surface area contributed by atoms with E-state index in [4.69, 9.17) is 0 Å². The molecule has 0 aliphatic heterocycles. The topological polar surface area (TPSA) is 60.2 Å². The van der Waals surface area contributed by atoms with Gasteiger partial charge in [-0.15, -0.1) is 0 Å². The molecule has 0 spiro atoms. The Hall–Kier alpha value is -0.560. The van der Waals surface area contributed by atoms with Crippen LogP contribution in [-0.4, -0.2) is 8.42 Å². The maximum Gasteiger partial charge on any atom is 0.418 e. The highest BCUT2D eigenvalue weighted by Crippen LogP contribution is 2.42. The summed E-state index contributed by atoms with van der Waals surface area (Å²) in [6.45, 7) is 0. The Kier molecular flexibility index (Phi) is 4.14. The maximum atomic E-state index is 12.7. The van der Waals surface area contributed by atoms with Crippen LogP contribution in [0.3, 0.4) is 0 Å². The van der Waals surface area contributed by atoms with Crippen molar-refractivity contribution in [2.24, 2.45) is 5.14 Å². The van der Waals surface area contributed by atoms with Crippen molar-refractivity contribution in [2.45, 2.75) is 17.2 Å². The summed E-state index contributed by atoms with van der Waals surface area (Å²) in [5.41, 5.74) is -3.49. The van der Waals surface area contributed by atoms with Crippen molar-refractivity contribution < 1.29 is 34.8 Å². The Balaban J connectivity index is 3.81. The van der Waals surface area contributed by atoms with E-state index in [0.717, 1.165) is 22.6 Å². The van der Waals surface area contributed by atoms with Crippen LogP contribution >= 0.6 is 22.6 Å². The Morgan fingerprint density at radius 1 is 1.00 bits per heavy atom. The van der Waals surface area contributed by atoms with Gasteiger partial charge < -0.3 is 0 Å². The van der Waals surface area contributed by atoms with E-state index in [2.05, 4.69) is 5.14 Å². The molecule has 1 rings (SSSR count). The summed E-state index contributed by atoms with van der Waals surface area (Å²) in [7, 11) is -4.79. The molecule has 19 heavy (non-hydrogen) atoms. The number of sulfonamides is 1. The molecule has 0 heterocycles. The molecular weight excluding hydrogens is 415 g/mol. The molecule has 0 aliphatic carbocycles. The van der Waals surface area contributed by atoms with Crippen molar-refractivity contribution in [3.05, 3.63) is 26.8 Å². The summed E-state index contributed by atoms with van der Waals surface area (Å²) >= 11 is 0.797. The van der Waals surface area contributed by atoms with Crippen LogP contribution in [0, 0.1) is 3.57 Å². The Morgan fingerprint density at radius 2 is 1.47 bits per heavy atom. The molecule has 1 aromatic rings. The maximum absolute atomic E-state index is 12.7. The lowest BCUT2D eigenvalue weighted by Gasteiger charge is -2.17. The van der Waals surface area contributed by atoms with Gasteiger partial charge in [0.25, 0.3) is 0 Å². The molecule has 0 radical (unpaired) electrons. The molecule has 0 aliphatic rings. The van der Waals surface area contributed by atoms with Crippen LogP contribution in [0.5, 0.6) is 0 Å². The zero-order chi connectivity index (χ0) is 15.2. The van der Waals surface area contributed by atoms with Crippen molar-refractivity contribution in [3.8, 4) is 0 Å². The number of benzene rings is 1. The quantitative estimate of drug-likeness (QED) is 0.563. The van der Waals surface area contributed by atoms with E-state index in [9.17, 15) is 34.8 Å². The van der Waals surface area contributed by atoms with E-state index in [-0.39, 0.29) is 12.1 Å². The second kappa shape index (κ2) is 4.77. The molecule has 108 valence electrons. The zero-order valence-electron chi connectivity index (χ0n) is 8.60. The first-order valence-electron chi connectivity index (χ1n) is 4.26. The van der Waals surface area contributed by atoms with Crippen LogP contribution in [0.4, 0.5) is 26.3 Å². The molecule has 0 bridgehead atoms. The van der Waals surface area contributed by atoms with Gasteiger partial charge in [0.15, 0.2) is 0 Å². The molecule has 0 aromatic heterocycles. The van der Waals surface area contributed by atoms with Crippen LogP contribution in [0.1, 0.15) is 11.1 Å². The summed E-state index contributed by atoms with van der Waals surface area (Å²) in [4.78, 5) is -1.39. The summed E-state index contributed by atoms with van der Waals surface area (Å²) in [5, 5.41) is 4.57. The molecule has 1 aromatic carbocycles. The highest BCUT2D eigenvalue weighted by molar-refractivity contribution is 14.1. The molecule has 0 fully saturated rings. The van der Waals surface area contributed by atoms with Crippen LogP contribution in [0.15, 0.2) is 17.0 Å². The number of primary sulfonamides is 1. The molecule has 0 atom stereocenters. The molecular formula is C8H4F6INO2S. The monoisotopic (exact) mass is 419 g/mol. The predicted octanol–water partition coefficient (Wildman–Crippen LogP) is 2.98. The first-order chi connectivity index (χ1) is 8.26. The van der Waals surface area contributed by atoms with Gasteiger partial charge in [0.05, 0.1) is 16.0 Å². The SMILES string of the molecule is NS(=O)(=O)c1ccc(C(F)(F)F)c(I)c1C(F)(F)F. The van der Waals surface area contributed by atoms with Gasteiger partial charge in [-0.05, 0) is 34.7 Å². The minimum Gasteiger partial charge on any atom is -0.225 e. The van der Waals surface area contributed by atoms with Crippen molar-refractivity contribution in [3.63, 3.8) is 0 Å². The predicted molar refractivity (Wildman–Crippen MR) is 60.5 cm³/mol. The fourth-order valence-corrected chi connectivity index (χ4v) is 3.30. The zero-order valence-corrected chi connectivity index (χ0v) is 11.6. The van der Waals surface area contributed by atoms with Gasteiger partial charge >= 0.3 is 12.4 Å². The van der Waals surface area contributed by atoms with Gasteiger partial charge in [0.2, 0.25) is 10.0 Å². The number of halogens is 7. The van der Waals surface area contributed by atoms with E-state index in [0.29, 0.717) is 0 Å². The van der Waals surface area contributed by atoms with Gasteiger partial charge in [-0.3, -0.25) is 0 Å². The Bertz CT molecular complexity index is 607. The van der Waals surface area contributed by atoms with Crippen molar-refractivity contribution in [2.75, 3.05) is 0 Å². The fraction of sp³-hybridized carbons (Fsp3) is 0.250. The van der Waals surface area contributed by atoms with Crippen LogP contribution in [0.25, 0.3) is 0 Å². The summed E-state index contributed by atoms with van der Waals surface area (Å²) in [6, 6.07) is 0.444. The van der Waals surface area contributed by atoms with E-state index in [1.165, 1.54) is 0 Å². The van der Waals surface area contributed by atoms with Crippen molar-refractivity contribution in [1.29, 1.82) is 0 Å². The third-order valence-electron chi connectivity index (χ3n) is 2.00. The van der Waals surface area contributed by atoms with Crippen molar-refractivity contribution in [1.82, 2.24) is 0 Å². The number of hydrogen-bond acceptors (Lipinski definition) is 2. The first-order valence-corrected chi connectivity index (χ1v) is 6.88. The van der Waals surface area contributed by atoms with E-state index in [1.54, 1.807) is 0 Å². The minimum absolute atomic E-state index is 0.198. The van der Waals surface area contributed by atoms with Gasteiger partial charge in [-0.25, -0.2) is 13.6 Å². The van der Waals surface area contributed by atoms with E-state index < -0.39 is 42.0 Å². The number of rotatable bonds is 1. The fourth-order valence-electron chi connectivity index (χ4n) is 1.28. The van der Waals surface area contributed by atoms with E-state index in [1.807, 2.05) is 0 Å². The van der Waals surface area contributed by atoms with E-state index >= 15 is 0 Å². The molecule has 11 heteroatoms. The normalized spacial score (nSPS) is 13.7. The van der Waals surface area contributed by atoms with Crippen molar-refractivity contribution >= 4 is 32.6 Å². The second-order valence-electron chi connectivity index (χ2n) is 3.34. The lowest BCUT2D eigenvalue weighted by Crippen LogP contribution is -2.22. The highest BCUT2D eigenvalue weighted by atomic mass is 127. The standard InChI is InChI=1S/C8H4F6INO2S/c9-7(10,11)3-1-2-4(19(16,17)18)5(6(3)15)8(12,13)14/h1-2H,(H2,16,17,18). The van der Waals surface area contributed by atoms with Gasteiger partial charge in [-0.1, -0.05) is 0 Å². The molecule has 0 amide bonds. The molecule has 3 nitrogen and oxygen atoms in total. The summed E-state index contributed by atoms with van der Waals surface area (Å²) < 4.78 is 96.4.